The second-order valence-corrected chi connectivity index (χ2v) is 10.1. The molecule has 0 fully saturated rings. The van der Waals surface area contributed by atoms with E-state index in [1.165, 1.54) is 0 Å². The van der Waals surface area contributed by atoms with Crippen LogP contribution >= 0.6 is 11.6 Å². The zero-order valence-electron chi connectivity index (χ0n) is 22.1. The van der Waals surface area contributed by atoms with Crippen LogP contribution in [0.3, 0.4) is 0 Å². The van der Waals surface area contributed by atoms with Crippen LogP contribution in [0.25, 0.3) is 11.3 Å². The van der Waals surface area contributed by atoms with Gasteiger partial charge in [0.1, 0.15) is 0 Å². The SMILES string of the molecule is CC(=O)N(CCCN(C)C)c1ccc(N/C(=C2\C(=O)Nc3cc(Cl)ccc32)c2ccc(CC(=O)O)cc2)cc1. The van der Waals surface area contributed by atoms with Crippen molar-refractivity contribution in [2.45, 2.75) is 19.8 Å². The summed E-state index contributed by atoms with van der Waals surface area (Å²) >= 11 is 6.15. The Morgan fingerprint density at radius 1 is 0.974 bits per heavy atom. The maximum atomic E-state index is 13.1. The number of hydrogen-bond acceptors (Lipinski definition) is 5. The van der Waals surface area contributed by atoms with Gasteiger partial charge in [-0.05, 0) is 74.6 Å². The van der Waals surface area contributed by atoms with E-state index in [0.29, 0.717) is 39.7 Å². The second kappa shape index (κ2) is 12.1. The molecular formula is C30H31ClN4O4. The topological polar surface area (TPSA) is 102 Å². The van der Waals surface area contributed by atoms with Crippen LogP contribution in [0, 0.1) is 0 Å². The Morgan fingerprint density at radius 3 is 2.28 bits per heavy atom. The average molecular weight is 547 g/mol. The number of carboxylic acids is 1. The predicted molar refractivity (Wildman–Crippen MR) is 156 cm³/mol. The number of benzene rings is 3. The molecule has 0 unspecified atom stereocenters. The van der Waals surface area contributed by atoms with E-state index in [2.05, 4.69) is 15.5 Å². The molecule has 0 saturated heterocycles. The monoisotopic (exact) mass is 546 g/mol. The van der Waals surface area contributed by atoms with Crippen LogP contribution < -0.4 is 15.5 Å². The molecule has 0 spiro atoms. The minimum Gasteiger partial charge on any atom is -0.481 e. The number of nitrogens with zero attached hydrogens (tertiary/aromatic N) is 2. The summed E-state index contributed by atoms with van der Waals surface area (Å²) in [5.41, 5.74) is 5.23. The first-order chi connectivity index (χ1) is 18.6. The van der Waals surface area contributed by atoms with Crippen LogP contribution in [0.15, 0.2) is 66.7 Å². The second-order valence-electron chi connectivity index (χ2n) is 9.66. The molecule has 3 aromatic rings. The number of rotatable bonds is 10. The highest BCUT2D eigenvalue weighted by molar-refractivity contribution is 6.38. The molecule has 3 aromatic carbocycles. The fourth-order valence-electron chi connectivity index (χ4n) is 4.52. The smallest absolute Gasteiger partial charge is 0.307 e. The molecular weight excluding hydrogens is 516 g/mol. The van der Waals surface area contributed by atoms with Gasteiger partial charge in [-0.3, -0.25) is 14.4 Å². The molecule has 8 nitrogen and oxygen atoms in total. The number of hydrogen-bond donors (Lipinski definition) is 3. The van der Waals surface area contributed by atoms with Crippen molar-refractivity contribution in [1.29, 1.82) is 0 Å². The third kappa shape index (κ3) is 6.85. The van der Waals surface area contributed by atoms with Gasteiger partial charge in [-0.1, -0.05) is 41.9 Å². The van der Waals surface area contributed by atoms with E-state index >= 15 is 0 Å². The first-order valence-electron chi connectivity index (χ1n) is 12.6. The molecule has 1 aliphatic heterocycles. The van der Waals surface area contributed by atoms with Crippen LogP contribution in [0.5, 0.6) is 0 Å². The number of carbonyl (C=O) groups excluding carboxylic acids is 2. The van der Waals surface area contributed by atoms with Gasteiger partial charge in [0.05, 0.1) is 23.4 Å². The van der Waals surface area contributed by atoms with Crippen LogP contribution in [-0.2, 0) is 20.8 Å². The van der Waals surface area contributed by atoms with Crippen molar-refractivity contribution in [3.8, 4) is 0 Å². The Bertz CT molecular complexity index is 1420. The van der Waals surface area contributed by atoms with E-state index in [1.54, 1.807) is 54.3 Å². The molecule has 0 saturated carbocycles. The van der Waals surface area contributed by atoms with Gasteiger partial charge in [-0.2, -0.15) is 0 Å². The molecule has 0 aliphatic carbocycles. The van der Waals surface area contributed by atoms with Gasteiger partial charge in [0.25, 0.3) is 5.91 Å². The maximum Gasteiger partial charge on any atom is 0.307 e. The van der Waals surface area contributed by atoms with Gasteiger partial charge in [-0.25, -0.2) is 0 Å². The zero-order valence-corrected chi connectivity index (χ0v) is 22.9. The molecule has 1 heterocycles. The minimum absolute atomic E-state index is 0.0309. The lowest BCUT2D eigenvalue weighted by molar-refractivity contribution is -0.136. The summed E-state index contributed by atoms with van der Waals surface area (Å²) in [5.74, 6) is -1.22. The number of halogens is 1. The summed E-state index contributed by atoms with van der Waals surface area (Å²) in [6.45, 7) is 3.04. The lowest BCUT2D eigenvalue weighted by Crippen LogP contribution is -2.31. The summed E-state index contributed by atoms with van der Waals surface area (Å²) in [5, 5.41) is 15.9. The Kier molecular flexibility index (Phi) is 8.69. The van der Waals surface area contributed by atoms with E-state index in [-0.39, 0.29) is 18.2 Å². The van der Waals surface area contributed by atoms with Crippen LogP contribution in [-0.4, -0.2) is 55.0 Å². The first-order valence-corrected chi connectivity index (χ1v) is 13.0. The van der Waals surface area contributed by atoms with Crippen molar-refractivity contribution in [1.82, 2.24) is 4.90 Å². The number of carboxylic acid groups (broad SMARTS) is 1. The number of amides is 2. The van der Waals surface area contributed by atoms with Crippen LogP contribution in [0.2, 0.25) is 5.02 Å². The average Bonchev–Trinajstić information content (AvgIpc) is 3.20. The highest BCUT2D eigenvalue weighted by Crippen LogP contribution is 2.39. The third-order valence-corrected chi connectivity index (χ3v) is 6.62. The van der Waals surface area contributed by atoms with E-state index < -0.39 is 5.97 Å². The molecule has 3 N–H and O–H groups in total. The molecule has 39 heavy (non-hydrogen) atoms. The van der Waals surface area contributed by atoms with Gasteiger partial charge in [-0.15, -0.1) is 0 Å². The number of fused-ring (bicyclic) bond motifs is 1. The first kappa shape index (κ1) is 27.9. The highest BCUT2D eigenvalue weighted by atomic mass is 35.5. The summed E-state index contributed by atoms with van der Waals surface area (Å²) in [6, 6.07) is 19.8. The van der Waals surface area contributed by atoms with Gasteiger partial charge in [0.15, 0.2) is 0 Å². The van der Waals surface area contributed by atoms with Crippen molar-refractivity contribution >= 4 is 57.7 Å². The van der Waals surface area contributed by atoms with Crippen molar-refractivity contribution in [3.63, 3.8) is 0 Å². The van der Waals surface area contributed by atoms with Crippen molar-refractivity contribution in [2.24, 2.45) is 0 Å². The fraction of sp³-hybridized carbons (Fsp3) is 0.233. The van der Waals surface area contributed by atoms with Gasteiger partial charge < -0.3 is 25.5 Å². The number of nitrogens with one attached hydrogen (secondary N) is 2. The molecule has 0 bridgehead atoms. The van der Waals surface area contributed by atoms with Crippen molar-refractivity contribution < 1.29 is 19.5 Å². The number of aliphatic carboxylic acids is 1. The summed E-state index contributed by atoms with van der Waals surface area (Å²) in [4.78, 5) is 40.4. The third-order valence-electron chi connectivity index (χ3n) is 6.39. The van der Waals surface area contributed by atoms with E-state index in [0.717, 1.165) is 29.9 Å². The van der Waals surface area contributed by atoms with Crippen molar-refractivity contribution in [3.05, 3.63) is 88.4 Å². The molecule has 9 heteroatoms. The lowest BCUT2D eigenvalue weighted by Gasteiger charge is -2.23. The van der Waals surface area contributed by atoms with Crippen molar-refractivity contribution in [2.75, 3.05) is 42.7 Å². The molecule has 2 amide bonds. The largest absolute Gasteiger partial charge is 0.481 e. The standard InChI is InChI=1S/C30H31ClN4O4/c1-19(36)35(16-4-15-34(2)3)24-12-10-23(11-13-24)32-29(21-7-5-20(6-8-21)17-27(37)38)28-25-14-9-22(31)18-26(25)33-30(28)39/h5-14,18,32H,4,15-17H2,1-3H3,(H,33,39)(H,37,38)/b29-28-. The van der Waals surface area contributed by atoms with Gasteiger partial charge >= 0.3 is 5.97 Å². The molecule has 1 aliphatic rings. The summed E-state index contributed by atoms with van der Waals surface area (Å²) in [6.07, 6.45) is 0.753. The number of anilines is 3. The van der Waals surface area contributed by atoms with E-state index in [4.69, 9.17) is 16.7 Å². The predicted octanol–water partition coefficient (Wildman–Crippen LogP) is 5.20. The normalized spacial score (nSPS) is 13.6. The lowest BCUT2D eigenvalue weighted by atomic mass is 9.98. The molecule has 4 rings (SSSR count). The Labute approximate surface area is 232 Å². The fourth-order valence-corrected chi connectivity index (χ4v) is 4.69. The van der Waals surface area contributed by atoms with E-state index in [1.807, 2.05) is 38.4 Å². The van der Waals surface area contributed by atoms with E-state index in [9.17, 15) is 14.4 Å². The Morgan fingerprint density at radius 2 is 1.67 bits per heavy atom. The summed E-state index contributed by atoms with van der Waals surface area (Å²) in [7, 11) is 4.00. The van der Waals surface area contributed by atoms with Crippen LogP contribution in [0.1, 0.15) is 30.0 Å². The molecule has 202 valence electrons. The highest BCUT2D eigenvalue weighted by Gasteiger charge is 2.28. The molecule has 0 atom stereocenters. The molecule has 0 radical (unpaired) electrons. The zero-order chi connectivity index (χ0) is 28.1. The van der Waals surface area contributed by atoms with Gasteiger partial charge in [0.2, 0.25) is 5.91 Å². The number of carbonyl (C=O) groups is 3. The summed E-state index contributed by atoms with van der Waals surface area (Å²) < 4.78 is 0. The minimum atomic E-state index is -0.915. The maximum absolute atomic E-state index is 13.1. The quantitative estimate of drug-likeness (QED) is 0.302. The van der Waals surface area contributed by atoms with Gasteiger partial charge in [0, 0.05) is 35.4 Å². The molecule has 0 aromatic heterocycles. The Hall–Kier alpha value is -4.14. The Balaban J connectivity index is 1.69. The van der Waals surface area contributed by atoms with Crippen LogP contribution in [0.4, 0.5) is 17.1 Å².